The second kappa shape index (κ2) is 9.76. The second-order valence-corrected chi connectivity index (χ2v) is 7.12. The topological polar surface area (TPSA) is 135 Å². The highest BCUT2D eigenvalue weighted by atomic mass is 16.6. The van der Waals surface area contributed by atoms with Crippen LogP contribution in [0.15, 0.2) is 89.3 Å². The van der Waals surface area contributed by atoms with Crippen LogP contribution in [0.3, 0.4) is 0 Å². The van der Waals surface area contributed by atoms with Crippen molar-refractivity contribution in [3.05, 3.63) is 117 Å². The minimum Gasteiger partial charge on any atom is -0.872 e. The summed E-state index contributed by atoms with van der Waals surface area (Å²) in [4.78, 5) is 33.5. The first kappa shape index (κ1) is 22.4. The number of nitrogens with zero attached hydrogens (tertiary/aromatic N) is 4. The van der Waals surface area contributed by atoms with Crippen molar-refractivity contribution in [2.24, 2.45) is 5.10 Å². The predicted octanol–water partition coefficient (Wildman–Crippen LogP) is 2.95. The number of rotatable bonds is 8. The molecule has 4 aromatic rings. The number of nitro groups is 1. The van der Waals surface area contributed by atoms with Crippen LogP contribution >= 0.6 is 0 Å². The van der Waals surface area contributed by atoms with E-state index < -0.39 is 16.2 Å². The molecule has 0 spiro atoms. The Morgan fingerprint density at radius 2 is 1.88 bits per heavy atom. The average Bonchev–Trinajstić information content (AvgIpc) is 2.85. The molecule has 0 aliphatic heterocycles. The van der Waals surface area contributed by atoms with E-state index >= 15 is 0 Å². The first-order valence-corrected chi connectivity index (χ1v) is 10.1. The lowest BCUT2D eigenvalue weighted by atomic mass is 10.2. The van der Waals surface area contributed by atoms with Gasteiger partial charge in [-0.1, -0.05) is 60.9 Å². The fraction of sp³-hybridized carbons (Fsp3) is 0.0417. The fourth-order valence-electron chi connectivity index (χ4n) is 3.14. The number of hydrogen-bond donors (Lipinski definition) is 1. The summed E-state index contributed by atoms with van der Waals surface area (Å²) >= 11 is 0. The van der Waals surface area contributed by atoms with Crippen LogP contribution < -0.4 is 16.1 Å². The molecule has 170 valence electrons. The predicted molar refractivity (Wildman–Crippen MR) is 125 cm³/mol. The van der Waals surface area contributed by atoms with E-state index in [-0.39, 0.29) is 23.7 Å². The van der Waals surface area contributed by atoms with Crippen molar-refractivity contribution in [3.63, 3.8) is 0 Å². The zero-order valence-electron chi connectivity index (χ0n) is 17.7. The molecule has 0 saturated heterocycles. The summed E-state index contributed by atoms with van der Waals surface area (Å²) in [6.45, 7) is 3.75. The van der Waals surface area contributed by atoms with Gasteiger partial charge in [-0.05, 0) is 23.3 Å². The van der Waals surface area contributed by atoms with E-state index in [4.69, 9.17) is 4.84 Å². The maximum absolute atomic E-state index is 13.1. The van der Waals surface area contributed by atoms with Gasteiger partial charge in [0, 0.05) is 12.1 Å². The molecule has 1 heterocycles. The van der Waals surface area contributed by atoms with Gasteiger partial charge in [-0.3, -0.25) is 25.2 Å². The molecule has 0 aliphatic rings. The zero-order chi connectivity index (χ0) is 24.1. The van der Waals surface area contributed by atoms with Crippen molar-refractivity contribution in [2.45, 2.75) is 6.61 Å². The third-order valence-electron chi connectivity index (χ3n) is 4.86. The third-order valence-corrected chi connectivity index (χ3v) is 4.86. The second-order valence-electron chi connectivity index (χ2n) is 7.12. The number of para-hydroxylation sites is 1. The van der Waals surface area contributed by atoms with Crippen molar-refractivity contribution in [1.29, 1.82) is 0 Å². The van der Waals surface area contributed by atoms with Gasteiger partial charge in [-0.15, -0.1) is 0 Å². The van der Waals surface area contributed by atoms with Gasteiger partial charge in [0.05, 0.1) is 27.7 Å². The number of hydrogen-bond acceptors (Lipinski definition) is 8. The normalized spacial score (nSPS) is 11.1. The summed E-state index contributed by atoms with van der Waals surface area (Å²) in [7, 11) is 0. The van der Waals surface area contributed by atoms with E-state index in [1.807, 2.05) is 30.3 Å². The number of non-ortho nitro benzene ring substituents is 1. The molecule has 3 aromatic carbocycles. The molecule has 1 aromatic heterocycles. The van der Waals surface area contributed by atoms with Crippen LogP contribution in [0.25, 0.3) is 16.6 Å². The molecule has 34 heavy (non-hydrogen) atoms. The van der Waals surface area contributed by atoms with Crippen molar-refractivity contribution in [3.8, 4) is 5.75 Å². The quantitative estimate of drug-likeness (QED) is 0.245. The van der Waals surface area contributed by atoms with Crippen LogP contribution in [-0.2, 0) is 11.4 Å². The minimum atomic E-state index is -0.620. The molecular formula is C24H18N5O5-. The fourth-order valence-corrected chi connectivity index (χ4v) is 3.14. The molecule has 10 heteroatoms. The largest absolute Gasteiger partial charge is 0.872 e. The van der Waals surface area contributed by atoms with Gasteiger partial charge >= 0.3 is 0 Å². The molecule has 0 fully saturated rings. The van der Waals surface area contributed by atoms with Crippen molar-refractivity contribution in [1.82, 2.24) is 15.1 Å². The van der Waals surface area contributed by atoms with Gasteiger partial charge in [0.15, 0.2) is 5.82 Å². The van der Waals surface area contributed by atoms with Gasteiger partial charge in [-0.25, -0.2) is 4.98 Å². The Bertz CT molecular complexity index is 1460. The standard InChI is InChI=1S/C24H19N5O5/c1-16(17-7-3-2-4-8-17)27-34-15-23-26-21-10-6-5-9-20(21)24(31)28(23)25-14-18-13-19(29(32)33)11-12-22(18)30/h2-14,27,30H,1,15H2/p-1. The Balaban J connectivity index is 1.66. The molecule has 10 nitrogen and oxygen atoms in total. The number of aromatic nitrogens is 2. The minimum absolute atomic E-state index is 0.0447. The molecule has 0 aliphatic carbocycles. The Labute approximate surface area is 193 Å². The van der Waals surface area contributed by atoms with Crippen molar-refractivity contribution in [2.75, 3.05) is 0 Å². The number of hydroxylamine groups is 1. The van der Waals surface area contributed by atoms with E-state index in [0.717, 1.165) is 34.7 Å². The lowest BCUT2D eigenvalue weighted by Gasteiger charge is -2.13. The number of fused-ring (bicyclic) bond motifs is 1. The Kier molecular flexibility index (Phi) is 6.42. The molecule has 0 bridgehead atoms. The van der Waals surface area contributed by atoms with Crippen LogP contribution in [0.5, 0.6) is 5.75 Å². The monoisotopic (exact) mass is 456 g/mol. The lowest BCUT2D eigenvalue weighted by molar-refractivity contribution is -0.385. The molecule has 0 atom stereocenters. The maximum atomic E-state index is 13.1. The van der Waals surface area contributed by atoms with E-state index in [1.165, 1.54) is 0 Å². The van der Waals surface area contributed by atoms with Gasteiger partial charge in [0.1, 0.15) is 6.61 Å². The Hall–Kier alpha value is -4.83. The highest BCUT2D eigenvalue weighted by Crippen LogP contribution is 2.19. The highest BCUT2D eigenvalue weighted by molar-refractivity contribution is 5.84. The Morgan fingerprint density at radius 3 is 2.65 bits per heavy atom. The lowest BCUT2D eigenvalue weighted by Crippen LogP contribution is -2.24. The number of nitrogens with one attached hydrogen (secondary N) is 1. The number of benzene rings is 3. The average molecular weight is 456 g/mol. The summed E-state index contributed by atoms with van der Waals surface area (Å²) in [5.74, 6) is -0.332. The smallest absolute Gasteiger partial charge is 0.282 e. The maximum Gasteiger partial charge on any atom is 0.282 e. The van der Waals surface area contributed by atoms with Gasteiger partial charge in [0.25, 0.3) is 11.2 Å². The van der Waals surface area contributed by atoms with Gasteiger partial charge in [-0.2, -0.15) is 9.78 Å². The van der Waals surface area contributed by atoms with Crippen molar-refractivity contribution >= 4 is 28.5 Å². The Morgan fingerprint density at radius 1 is 1.15 bits per heavy atom. The zero-order valence-corrected chi connectivity index (χ0v) is 17.7. The first-order chi connectivity index (χ1) is 16.4. The molecular weight excluding hydrogens is 438 g/mol. The third kappa shape index (κ3) is 4.81. The summed E-state index contributed by atoms with van der Waals surface area (Å²) in [5.41, 5.74) is 3.69. The van der Waals surface area contributed by atoms with E-state index in [0.29, 0.717) is 16.6 Å². The molecule has 0 radical (unpaired) electrons. The van der Waals surface area contributed by atoms with E-state index in [2.05, 4.69) is 22.1 Å². The SMILES string of the molecule is C=C(NOCc1nc2ccccc2c(=O)n1N=Cc1cc([N+](=O)[O-])ccc1[O-])c1ccccc1. The highest BCUT2D eigenvalue weighted by Gasteiger charge is 2.12. The number of nitro benzene ring substituents is 1. The molecule has 0 unspecified atom stereocenters. The van der Waals surface area contributed by atoms with Crippen LogP contribution in [0.4, 0.5) is 5.69 Å². The molecule has 4 rings (SSSR count). The van der Waals surface area contributed by atoms with E-state index in [1.54, 1.807) is 24.3 Å². The van der Waals surface area contributed by atoms with Gasteiger partial charge in [0.2, 0.25) is 0 Å². The van der Waals surface area contributed by atoms with E-state index in [9.17, 15) is 20.0 Å². The summed E-state index contributed by atoms with van der Waals surface area (Å²) < 4.78 is 0.994. The van der Waals surface area contributed by atoms with Gasteiger partial charge < -0.3 is 5.11 Å². The summed E-state index contributed by atoms with van der Waals surface area (Å²) in [6.07, 6.45) is 1.09. The van der Waals surface area contributed by atoms with Crippen LogP contribution in [0, 0.1) is 10.1 Å². The van der Waals surface area contributed by atoms with Crippen LogP contribution in [0.2, 0.25) is 0 Å². The summed E-state index contributed by atoms with van der Waals surface area (Å²) in [5, 5.41) is 27.6. The molecule has 0 saturated carbocycles. The first-order valence-electron chi connectivity index (χ1n) is 10.1. The summed E-state index contributed by atoms with van der Waals surface area (Å²) in [6, 6.07) is 19.3. The molecule has 1 N–H and O–H groups in total. The van der Waals surface area contributed by atoms with Crippen LogP contribution in [0.1, 0.15) is 17.0 Å². The molecule has 0 amide bonds. The van der Waals surface area contributed by atoms with Crippen molar-refractivity contribution < 1.29 is 14.9 Å². The van der Waals surface area contributed by atoms with Crippen LogP contribution in [-0.4, -0.2) is 20.8 Å².